The second-order valence-corrected chi connectivity index (χ2v) is 9.74. The Balaban J connectivity index is 1.64. The molecular formula is C23H31NO5. The van der Waals surface area contributed by atoms with Gasteiger partial charge in [-0.25, -0.2) is 0 Å². The van der Waals surface area contributed by atoms with Crippen LogP contribution in [0.15, 0.2) is 28.5 Å². The van der Waals surface area contributed by atoms with Crippen molar-refractivity contribution in [2.24, 2.45) is 27.8 Å². The van der Waals surface area contributed by atoms with Crippen LogP contribution in [0.25, 0.3) is 0 Å². The largest absolute Gasteiger partial charge is 0.459 e. The minimum atomic E-state index is -0.822. The third-order valence-corrected chi connectivity index (χ3v) is 8.57. The molecule has 2 N–H and O–H groups in total. The number of hydrogen-bond acceptors (Lipinski definition) is 6. The van der Waals surface area contributed by atoms with Crippen molar-refractivity contribution in [3.8, 4) is 0 Å². The van der Waals surface area contributed by atoms with E-state index in [0.717, 1.165) is 36.8 Å². The number of carbonyl (C=O) groups is 2. The molecule has 4 rings (SSSR count). The molecular weight excluding hydrogens is 370 g/mol. The van der Waals surface area contributed by atoms with Crippen molar-refractivity contribution in [3.63, 3.8) is 0 Å². The number of ketones is 1. The fourth-order valence-corrected chi connectivity index (χ4v) is 6.85. The zero-order valence-electron chi connectivity index (χ0n) is 17.5. The first-order chi connectivity index (χ1) is 13.7. The van der Waals surface area contributed by atoms with E-state index < -0.39 is 11.6 Å². The molecule has 2 fully saturated rings. The van der Waals surface area contributed by atoms with Gasteiger partial charge in [-0.3, -0.25) is 9.59 Å². The predicted octanol–water partition coefficient (Wildman–Crippen LogP) is 3.56. The number of ether oxygens (including phenoxy) is 1. The van der Waals surface area contributed by atoms with Crippen molar-refractivity contribution < 1.29 is 24.6 Å². The van der Waals surface area contributed by atoms with Crippen molar-refractivity contribution in [1.82, 2.24) is 0 Å². The SMILES string of the molecule is CC(=O)OCC(=NO)C1=CC[C@H]2[C@@H]3CCC4=CC(=O)CC[C@]4(C)[C@@]3(O)CC[C@]12C. The van der Waals surface area contributed by atoms with E-state index in [9.17, 15) is 19.9 Å². The third kappa shape index (κ3) is 2.82. The van der Waals surface area contributed by atoms with Crippen LogP contribution in [-0.2, 0) is 14.3 Å². The normalized spacial score (nSPS) is 41.7. The van der Waals surface area contributed by atoms with Gasteiger partial charge in [0, 0.05) is 18.8 Å². The van der Waals surface area contributed by atoms with Gasteiger partial charge in [0.25, 0.3) is 0 Å². The second-order valence-electron chi connectivity index (χ2n) is 9.74. The summed E-state index contributed by atoms with van der Waals surface area (Å²) in [6, 6.07) is 0. The van der Waals surface area contributed by atoms with E-state index in [1.807, 2.05) is 0 Å². The molecule has 0 aromatic rings. The molecule has 0 amide bonds. The minimum absolute atomic E-state index is 0.0401. The van der Waals surface area contributed by atoms with E-state index in [2.05, 4.69) is 25.1 Å². The highest BCUT2D eigenvalue weighted by Crippen LogP contribution is 2.67. The molecule has 0 radical (unpaired) electrons. The Morgan fingerprint density at radius 2 is 2.00 bits per heavy atom. The number of esters is 1. The summed E-state index contributed by atoms with van der Waals surface area (Å²) in [5.74, 6) is 0.135. The van der Waals surface area contributed by atoms with Gasteiger partial charge in [-0.05, 0) is 67.4 Å². The number of fused-ring (bicyclic) bond motifs is 5. The maximum atomic E-state index is 12.0. The van der Waals surface area contributed by atoms with Crippen molar-refractivity contribution in [1.29, 1.82) is 0 Å². The first-order valence-corrected chi connectivity index (χ1v) is 10.7. The van der Waals surface area contributed by atoms with Crippen molar-refractivity contribution >= 4 is 17.5 Å². The molecule has 4 aliphatic rings. The molecule has 0 bridgehead atoms. The summed E-state index contributed by atoms with van der Waals surface area (Å²) < 4.78 is 5.10. The standard InChI is InChI=1S/C23H31NO5/c1-14(25)29-13-20(24-28)19-7-6-17-18-5-4-15-12-16(26)8-9-22(15,3)23(18,27)11-10-21(17,19)2/h7,12,17-18,27-28H,4-6,8-11,13H2,1-3H3/t17-,18-,21-,22-,23+/m0/s1. The molecule has 6 heteroatoms. The fourth-order valence-electron chi connectivity index (χ4n) is 6.85. The molecule has 0 aromatic heterocycles. The quantitative estimate of drug-likeness (QED) is 0.326. The summed E-state index contributed by atoms with van der Waals surface area (Å²) in [5, 5.41) is 25.1. The van der Waals surface area contributed by atoms with Crippen LogP contribution in [0.3, 0.4) is 0 Å². The van der Waals surface area contributed by atoms with Gasteiger partial charge < -0.3 is 15.1 Å². The second kappa shape index (κ2) is 6.79. The molecule has 29 heavy (non-hydrogen) atoms. The number of aliphatic hydroxyl groups is 1. The first-order valence-electron chi connectivity index (χ1n) is 10.7. The van der Waals surface area contributed by atoms with E-state index in [1.165, 1.54) is 6.92 Å². The van der Waals surface area contributed by atoms with Gasteiger partial charge >= 0.3 is 5.97 Å². The van der Waals surface area contributed by atoms with E-state index >= 15 is 0 Å². The maximum absolute atomic E-state index is 12.0. The zero-order chi connectivity index (χ0) is 21.0. The Morgan fingerprint density at radius 3 is 2.69 bits per heavy atom. The number of oxime groups is 1. The lowest BCUT2D eigenvalue weighted by Crippen LogP contribution is -2.63. The van der Waals surface area contributed by atoms with Gasteiger partial charge in [0.1, 0.15) is 12.3 Å². The molecule has 4 aliphatic carbocycles. The van der Waals surface area contributed by atoms with E-state index in [1.54, 1.807) is 6.08 Å². The lowest BCUT2D eigenvalue weighted by molar-refractivity contribution is -0.184. The predicted molar refractivity (Wildman–Crippen MR) is 107 cm³/mol. The van der Waals surface area contributed by atoms with Crippen LogP contribution in [0.2, 0.25) is 0 Å². The highest BCUT2D eigenvalue weighted by molar-refractivity contribution is 6.03. The van der Waals surface area contributed by atoms with Gasteiger partial charge in [0.05, 0.1) is 5.60 Å². The van der Waals surface area contributed by atoms with Gasteiger partial charge in [-0.15, -0.1) is 0 Å². The Morgan fingerprint density at radius 1 is 1.24 bits per heavy atom. The Labute approximate surface area is 171 Å². The molecule has 0 spiro atoms. The van der Waals surface area contributed by atoms with E-state index in [4.69, 9.17) is 4.74 Å². The first kappa shape index (κ1) is 20.3. The summed E-state index contributed by atoms with van der Waals surface area (Å²) in [5.41, 5.74) is 1.08. The van der Waals surface area contributed by atoms with Crippen LogP contribution in [0.5, 0.6) is 0 Å². The molecule has 158 valence electrons. The number of nitrogens with zero attached hydrogens (tertiary/aromatic N) is 1. The summed E-state index contributed by atoms with van der Waals surface area (Å²) in [4.78, 5) is 23.2. The molecule has 0 aliphatic heterocycles. The van der Waals surface area contributed by atoms with Gasteiger partial charge in [-0.2, -0.15) is 0 Å². The molecule has 0 unspecified atom stereocenters. The van der Waals surface area contributed by atoms with Crippen molar-refractivity contribution in [3.05, 3.63) is 23.3 Å². The molecule has 0 saturated heterocycles. The summed E-state index contributed by atoms with van der Waals surface area (Å²) in [7, 11) is 0. The highest BCUT2D eigenvalue weighted by Gasteiger charge is 2.64. The van der Waals surface area contributed by atoms with Crippen LogP contribution < -0.4 is 0 Å². The third-order valence-electron chi connectivity index (χ3n) is 8.57. The monoisotopic (exact) mass is 401 g/mol. The molecule has 2 saturated carbocycles. The zero-order valence-corrected chi connectivity index (χ0v) is 17.5. The average molecular weight is 402 g/mol. The van der Waals surface area contributed by atoms with Crippen LogP contribution in [-0.4, -0.2) is 40.0 Å². The van der Waals surface area contributed by atoms with Crippen LogP contribution in [0.1, 0.15) is 65.7 Å². The summed E-state index contributed by atoms with van der Waals surface area (Å²) in [6.45, 7) is 5.63. The molecule has 0 aromatic carbocycles. The van der Waals surface area contributed by atoms with Crippen LogP contribution >= 0.6 is 0 Å². The lowest BCUT2D eigenvalue weighted by Gasteiger charge is -2.62. The van der Waals surface area contributed by atoms with E-state index in [0.29, 0.717) is 25.0 Å². The number of rotatable bonds is 3. The fraction of sp³-hybridized carbons (Fsp3) is 0.696. The highest BCUT2D eigenvalue weighted by atomic mass is 16.5. The maximum Gasteiger partial charge on any atom is 0.303 e. The summed E-state index contributed by atoms with van der Waals surface area (Å²) >= 11 is 0. The summed E-state index contributed by atoms with van der Waals surface area (Å²) in [6.07, 6.45) is 9.06. The smallest absolute Gasteiger partial charge is 0.303 e. The molecule has 0 heterocycles. The number of carbonyl (C=O) groups excluding carboxylic acids is 2. The topological polar surface area (TPSA) is 96.2 Å². The van der Waals surface area contributed by atoms with Gasteiger partial charge in [0.15, 0.2) is 5.78 Å². The molecule has 6 nitrogen and oxygen atoms in total. The van der Waals surface area contributed by atoms with Gasteiger partial charge in [0.2, 0.25) is 0 Å². The van der Waals surface area contributed by atoms with Crippen LogP contribution in [0.4, 0.5) is 0 Å². The van der Waals surface area contributed by atoms with Crippen molar-refractivity contribution in [2.75, 3.05) is 6.61 Å². The Kier molecular flexibility index (Phi) is 4.76. The number of hydrogen-bond donors (Lipinski definition) is 2. The Bertz CT molecular complexity index is 842. The van der Waals surface area contributed by atoms with Crippen molar-refractivity contribution in [2.45, 2.75) is 71.3 Å². The van der Waals surface area contributed by atoms with E-state index in [-0.39, 0.29) is 35.1 Å². The Hall–Kier alpha value is -1.95. The molecule has 5 atom stereocenters. The van der Waals surface area contributed by atoms with Gasteiger partial charge in [-0.1, -0.05) is 30.7 Å². The minimum Gasteiger partial charge on any atom is -0.459 e. The van der Waals surface area contributed by atoms with Crippen LogP contribution in [0, 0.1) is 22.7 Å². The average Bonchev–Trinajstić information content (AvgIpc) is 3.01. The lowest BCUT2D eigenvalue weighted by atomic mass is 9.44. The number of allylic oxidation sites excluding steroid dienone is 2.